The lowest BCUT2D eigenvalue weighted by Crippen LogP contribution is -2.47. The molecule has 1 saturated heterocycles. The van der Waals surface area contributed by atoms with Gasteiger partial charge in [0.05, 0.1) is 0 Å². The number of hydrogen-bond acceptors (Lipinski definition) is 2. The van der Waals surface area contributed by atoms with E-state index in [1.54, 1.807) is 6.92 Å². The Bertz CT molecular complexity index is 526. The maximum absolute atomic E-state index is 11.4. The Labute approximate surface area is 135 Å². The molecule has 1 aromatic carbocycles. The van der Waals surface area contributed by atoms with Crippen molar-refractivity contribution < 1.29 is 4.79 Å². The molecule has 0 unspecified atom stereocenters. The standard InChI is InChI=1S/C19H30N2O/c1-14-11-17(19(4,5)6)12-15(2)18(14)13-20-7-9-21(10-8-20)16(3)22/h11-12H,7-10,13H2,1-6H3. The molecule has 3 nitrogen and oxygen atoms in total. The molecule has 1 heterocycles. The summed E-state index contributed by atoms with van der Waals surface area (Å²) in [7, 11) is 0. The van der Waals surface area contributed by atoms with Gasteiger partial charge in [0.1, 0.15) is 0 Å². The SMILES string of the molecule is CC(=O)N1CCN(Cc2c(C)cc(C(C)(C)C)cc2C)CC1. The first-order valence-corrected chi connectivity index (χ1v) is 8.27. The number of benzene rings is 1. The van der Waals surface area contributed by atoms with Crippen LogP contribution in [-0.2, 0) is 16.8 Å². The number of rotatable bonds is 2. The molecule has 0 atom stereocenters. The van der Waals surface area contributed by atoms with Gasteiger partial charge < -0.3 is 4.90 Å². The molecule has 22 heavy (non-hydrogen) atoms. The normalized spacial score (nSPS) is 16.9. The van der Waals surface area contributed by atoms with Crippen molar-refractivity contribution in [3.8, 4) is 0 Å². The molecule has 0 bridgehead atoms. The zero-order valence-corrected chi connectivity index (χ0v) is 15.0. The number of piperazine rings is 1. The van der Waals surface area contributed by atoms with Crippen molar-refractivity contribution in [2.45, 2.75) is 53.5 Å². The van der Waals surface area contributed by atoms with Crippen molar-refractivity contribution >= 4 is 5.91 Å². The Kier molecular flexibility index (Phi) is 4.96. The van der Waals surface area contributed by atoms with Crippen LogP contribution in [0.2, 0.25) is 0 Å². The molecule has 122 valence electrons. The predicted molar refractivity (Wildman–Crippen MR) is 92.1 cm³/mol. The first-order valence-electron chi connectivity index (χ1n) is 8.27. The fraction of sp³-hybridized carbons (Fsp3) is 0.632. The Morgan fingerprint density at radius 2 is 1.55 bits per heavy atom. The van der Waals surface area contributed by atoms with Gasteiger partial charge in [-0.2, -0.15) is 0 Å². The van der Waals surface area contributed by atoms with Crippen LogP contribution in [0.1, 0.15) is 49.9 Å². The molecule has 0 spiro atoms. The van der Waals surface area contributed by atoms with Crippen LogP contribution < -0.4 is 0 Å². The lowest BCUT2D eigenvalue weighted by Gasteiger charge is -2.35. The summed E-state index contributed by atoms with van der Waals surface area (Å²) in [4.78, 5) is 15.8. The second-order valence-corrected chi connectivity index (χ2v) is 7.62. The first-order chi connectivity index (χ1) is 10.2. The number of hydrogen-bond donors (Lipinski definition) is 0. The third-order valence-corrected chi connectivity index (χ3v) is 4.76. The summed E-state index contributed by atoms with van der Waals surface area (Å²) < 4.78 is 0. The van der Waals surface area contributed by atoms with E-state index in [4.69, 9.17) is 0 Å². The molecule has 1 fully saturated rings. The third kappa shape index (κ3) is 3.89. The molecule has 0 aliphatic carbocycles. The van der Waals surface area contributed by atoms with Crippen molar-refractivity contribution in [3.63, 3.8) is 0 Å². The van der Waals surface area contributed by atoms with Crippen molar-refractivity contribution in [2.24, 2.45) is 0 Å². The molecule has 1 aliphatic heterocycles. The number of carbonyl (C=O) groups is 1. The molecule has 2 rings (SSSR count). The van der Waals surface area contributed by atoms with Gasteiger partial charge in [-0.1, -0.05) is 32.9 Å². The lowest BCUT2D eigenvalue weighted by atomic mass is 9.83. The van der Waals surface area contributed by atoms with E-state index in [2.05, 4.69) is 51.7 Å². The van der Waals surface area contributed by atoms with Gasteiger partial charge in [-0.3, -0.25) is 9.69 Å². The van der Waals surface area contributed by atoms with Crippen LogP contribution in [0, 0.1) is 13.8 Å². The molecule has 0 N–H and O–H groups in total. The number of carbonyl (C=O) groups excluding carboxylic acids is 1. The third-order valence-electron chi connectivity index (χ3n) is 4.76. The van der Waals surface area contributed by atoms with Crippen LogP contribution in [0.25, 0.3) is 0 Å². The van der Waals surface area contributed by atoms with Crippen LogP contribution in [0.3, 0.4) is 0 Å². The summed E-state index contributed by atoms with van der Waals surface area (Å²) in [5.41, 5.74) is 5.83. The van der Waals surface area contributed by atoms with Gasteiger partial charge in [0.25, 0.3) is 0 Å². The highest BCUT2D eigenvalue weighted by atomic mass is 16.2. The Morgan fingerprint density at radius 1 is 1.05 bits per heavy atom. The van der Waals surface area contributed by atoms with E-state index >= 15 is 0 Å². The fourth-order valence-corrected chi connectivity index (χ4v) is 3.12. The topological polar surface area (TPSA) is 23.6 Å². The molecule has 3 heteroatoms. The molecule has 1 amide bonds. The average molecular weight is 302 g/mol. The van der Waals surface area contributed by atoms with Gasteiger partial charge in [-0.25, -0.2) is 0 Å². The smallest absolute Gasteiger partial charge is 0.219 e. The minimum absolute atomic E-state index is 0.196. The second-order valence-electron chi connectivity index (χ2n) is 7.62. The Morgan fingerprint density at radius 3 is 1.95 bits per heavy atom. The minimum atomic E-state index is 0.196. The minimum Gasteiger partial charge on any atom is -0.340 e. The average Bonchev–Trinajstić information content (AvgIpc) is 2.42. The van der Waals surface area contributed by atoms with Gasteiger partial charge in [-0.05, 0) is 41.5 Å². The predicted octanol–water partition coefficient (Wildman–Crippen LogP) is 3.27. The van der Waals surface area contributed by atoms with Crippen LogP contribution in [-0.4, -0.2) is 41.9 Å². The molecule has 0 aromatic heterocycles. The van der Waals surface area contributed by atoms with Crippen molar-refractivity contribution in [1.82, 2.24) is 9.80 Å². The summed E-state index contributed by atoms with van der Waals surface area (Å²) >= 11 is 0. The maximum Gasteiger partial charge on any atom is 0.219 e. The first kappa shape index (κ1) is 17.0. The lowest BCUT2D eigenvalue weighted by molar-refractivity contribution is -0.130. The molecule has 1 aromatic rings. The number of aryl methyl sites for hydroxylation is 2. The monoisotopic (exact) mass is 302 g/mol. The second kappa shape index (κ2) is 6.41. The zero-order valence-electron chi connectivity index (χ0n) is 15.0. The van der Waals surface area contributed by atoms with E-state index in [0.29, 0.717) is 0 Å². The van der Waals surface area contributed by atoms with Gasteiger partial charge in [0, 0.05) is 39.6 Å². The van der Waals surface area contributed by atoms with Crippen molar-refractivity contribution in [1.29, 1.82) is 0 Å². The van der Waals surface area contributed by atoms with E-state index in [-0.39, 0.29) is 11.3 Å². The Balaban J connectivity index is 2.10. The van der Waals surface area contributed by atoms with E-state index in [9.17, 15) is 4.79 Å². The molecule has 0 radical (unpaired) electrons. The van der Waals surface area contributed by atoms with E-state index in [1.165, 1.54) is 22.3 Å². The van der Waals surface area contributed by atoms with E-state index in [0.717, 1.165) is 32.7 Å². The summed E-state index contributed by atoms with van der Waals surface area (Å²) in [5.74, 6) is 0.196. The van der Waals surface area contributed by atoms with Gasteiger partial charge in [0.2, 0.25) is 5.91 Å². The summed E-state index contributed by atoms with van der Waals surface area (Å²) in [6.07, 6.45) is 0. The Hall–Kier alpha value is -1.35. The van der Waals surface area contributed by atoms with Gasteiger partial charge in [0.15, 0.2) is 0 Å². The number of amides is 1. The maximum atomic E-state index is 11.4. The van der Waals surface area contributed by atoms with Crippen molar-refractivity contribution in [3.05, 3.63) is 34.4 Å². The van der Waals surface area contributed by atoms with Crippen molar-refractivity contribution in [2.75, 3.05) is 26.2 Å². The van der Waals surface area contributed by atoms with Crippen LogP contribution >= 0.6 is 0 Å². The van der Waals surface area contributed by atoms with Crippen LogP contribution in [0.15, 0.2) is 12.1 Å². The highest BCUT2D eigenvalue weighted by molar-refractivity contribution is 5.73. The summed E-state index contributed by atoms with van der Waals surface area (Å²) in [5, 5.41) is 0. The van der Waals surface area contributed by atoms with Gasteiger partial charge in [-0.15, -0.1) is 0 Å². The summed E-state index contributed by atoms with van der Waals surface area (Å²) in [6.45, 7) is 17.6. The fourth-order valence-electron chi connectivity index (χ4n) is 3.12. The summed E-state index contributed by atoms with van der Waals surface area (Å²) in [6, 6.07) is 4.68. The van der Waals surface area contributed by atoms with E-state index in [1.807, 2.05) is 4.90 Å². The highest BCUT2D eigenvalue weighted by Crippen LogP contribution is 2.27. The van der Waals surface area contributed by atoms with Crippen LogP contribution in [0.5, 0.6) is 0 Å². The molecular weight excluding hydrogens is 272 g/mol. The van der Waals surface area contributed by atoms with Gasteiger partial charge >= 0.3 is 0 Å². The highest BCUT2D eigenvalue weighted by Gasteiger charge is 2.21. The number of nitrogens with zero attached hydrogens (tertiary/aromatic N) is 2. The molecule has 1 aliphatic rings. The zero-order chi connectivity index (χ0) is 16.5. The molecular formula is C19H30N2O. The van der Waals surface area contributed by atoms with E-state index < -0.39 is 0 Å². The largest absolute Gasteiger partial charge is 0.340 e. The van der Waals surface area contributed by atoms with Crippen LogP contribution in [0.4, 0.5) is 0 Å². The quantitative estimate of drug-likeness (QED) is 0.837. The molecule has 0 saturated carbocycles.